The van der Waals surface area contributed by atoms with Gasteiger partial charge in [0.1, 0.15) is 15.8 Å². The summed E-state index contributed by atoms with van der Waals surface area (Å²) in [7, 11) is 0. The number of nitro groups is 1. The van der Waals surface area contributed by atoms with E-state index >= 15 is 0 Å². The summed E-state index contributed by atoms with van der Waals surface area (Å²) < 4.78 is 6.85. The second-order valence-corrected chi connectivity index (χ2v) is 7.58. The predicted molar refractivity (Wildman–Crippen MR) is 104 cm³/mol. The zero-order valence-electron chi connectivity index (χ0n) is 12.9. The van der Waals surface area contributed by atoms with E-state index in [4.69, 9.17) is 16.6 Å². The highest BCUT2D eigenvalue weighted by Gasteiger charge is 2.30. The van der Waals surface area contributed by atoms with Crippen molar-refractivity contribution in [1.29, 1.82) is 0 Å². The summed E-state index contributed by atoms with van der Waals surface area (Å²) in [4.78, 5) is 24.6. The fourth-order valence-corrected chi connectivity index (χ4v) is 4.22. The van der Waals surface area contributed by atoms with Crippen molar-refractivity contribution in [1.82, 2.24) is 4.90 Å². The van der Waals surface area contributed by atoms with Crippen molar-refractivity contribution in [3.05, 3.63) is 55.6 Å². The number of carbonyl (C=O) groups is 1. The molecule has 2 aromatic rings. The van der Waals surface area contributed by atoms with Gasteiger partial charge < -0.3 is 4.42 Å². The lowest BCUT2D eigenvalue weighted by atomic mass is 10.1. The van der Waals surface area contributed by atoms with Crippen LogP contribution in [0, 0.1) is 10.1 Å². The summed E-state index contributed by atoms with van der Waals surface area (Å²) in [5, 5.41) is 10.8. The van der Waals surface area contributed by atoms with Crippen molar-refractivity contribution < 1.29 is 14.1 Å². The number of hydrogen-bond acceptors (Lipinski definition) is 6. The fourth-order valence-electron chi connectivity index (χ4n) is 2.29. The van der Waals surface area contributed by atoms with Crippen LogP contribution in [0.3, 0.4) is 0 Å². The highest BCUT2D eigenvalue weighted by atomic mass is 79.9. The maximum absolute atomic E-state index is 12.2. The first-order valence-electron chi connectivity index (χ1n) is 7.20. The van der Waals surface area contributed by atoms with Crippen LogP contribution in [0.25, 0.3) is 17.4 Å². The fraction of sp³-hybridized carbons (Fsp3) is 0.125. The van der Waals surface area contributed by atoms with E-state index in [0.717, 1.165) is 0 Å². The summed E-state index contributed by atoms with van der Waals surface area (Å²) in [5.74, 6) is 0.919. The second-order valence-electron chi connectivity index (χ2n) is 5.05. The number of thioether (sulfide) groups is 1. The molecule has 1 aliphatic rings. The Morgan fingerprint density at radius 2 is 2.16 bits per heavy atom. The van der Waals surface area contributed by atoms with Gasteiger partial charge in [0.25, 0.3) is 11.6 Å². The molecule has 0 N–H and O–H groups in total. The molecule has 1 aromatic heterocycles. The molecule has 128 valence electrons. The standard InChI is InChI=1S/C16H11BrN2O4S2/c1-2-18-15(20)14(25-16(18)24)8-10-4-6-13(23-10)11-5-3-9(19(21)22)7-12(11)17/h3-8H,2H2,1H3/b14-8-. The van der Waals surface area contributed by atoms with Gasteiger partial charge >= 0.3 is 0 Å². The Hall–Kier alpha value is -1.97. The van der Waals surface area contributed by atoms with Gasteiger partial charge in [0.2, 0.25) is 0 Å². The number of carbonyl (C=O) groups excluding carboxylic acids is 1. The third-order valence-electron chi connectivity index (χ3n) is 3.52. The molecule has 0 aliphatic carbocycles. The van der Waals surface area contributed by atoms with Gasteiger partial charge in [0.15, 0.2) is 0 Å². The Labute approximate surface area is 161 Å². The maximum atomic E-state index is 12.2. The molecule has 6 nitrogen and oxygen atoms in total. The van der Waals surface area contributed by atoms with E-state index in [1.807, 2.05) is 6.92 Å². The summed E-state index contributed by atoms with van der Waals surface area (Å²) in [6, 6.07) is 7.93. The first-order chi connectivity index (χ1) is 11.9. The predicted octanol–water partition coefficient (Wildman–Crippen LogP) is 4.84. The Kier molecular flexibility index (Phi) is 5.07. The molecule has 1 saturated heterocycles. The molecular formula is C16H11BrN2O4S2. The Morgan fingerprint density at radius 3 is 2.76 bits per heavy atom. The number of rotatable bonds is 4. The average molecular weight is 439 g/mol. The van der Waals surface area contributed by atoms with Gasteiger partial charge in [-0.3, -0.25) is 19.8 Å². The third-order valence-corrected chi connectivity index (χ3v) is 5.55. The molecule has 1 amide bonds. The molecule has 1 fully saturated rings. The SMILES string of the molecule is CCN1C(=O)/C(=C/c2ccc(-c3ccc([N+](=O)[O-])cc3Br)o2)SC1=S. The van der Waals surface area contributed by atoms with E-state index in [1.54, 1.807) is 24.3 Å². The average Bonchev–Trinajstić information content (AvgIpc) is 3.12. The zero-order valence-corrected chi connectivity index (χ0v) is 16.1. The molecule has 0 radical (unpaired) electrons. The van der Waals surface area contributed by atoms with Crippen LogP contribution in [0.2, 0.25) is 0 Å². The minimum Gasteiger partial charge on any atom is -0.457 e. The van der Waals surface area contributed by atoms with Crippen LogP contribution in [0.4, 0.5) is 5.69 Å². The topological polar surface area (TPSA) is 76.6 Å². The minimum atomic E-state index is -0.460. The second kappa shape index (κ2) is 7.11. The quantitative estimate of drug-likeness (QED) is 0.294. The molecule has 0 spiro atoms. The normalized spacial score (nSPS) is 16.1. The molecule has 25 heavy (non-hydrogen) atoms. The van der Waals surface area contributed by atoms with Crippen LogP contribution in [0.5, 0.6) is 0 Å². The van der Waals surface area contributed by atoms with Gasteiger partial charge in [0, 0.05) is 34.8 Å². The van der Waals surface area contributed by atoms with E-state index in [1.165, 1.54) is 28.8 Å². The lowest BCUT2D eigenvalue weighted by Crippen LogP contribution is -2.27. The van der Waals surface area contributed by atoms with Gasteiger partial charge in [-0.25, -0.2) is 0 Å². The maximum Gasteiger partial charge on any atom is 0.270 e. The third kappa shape index (κ3) is 3.53. The zero-order chi connectivity index (χ0) is 18.1. The van der Waals surface area contributed by atoms with Crippen molar-refractivity contribution in [2.45, 2.75) is 6.92 Å². The molecule has 3 rings (SSSR count). The molecule has 9 heteroatoms. The summed E-state index contributed by atoms with van der Waals surface area (Å²) in [6.07, 6.45) is 1.65. The van der Waals surface area contributed by atoms with E-state index < -0.39 is 4.92 Å². The largest absolute Gasteiger partial charge is 0.457 e. The van der Waals surface area contributed by atoms with Gasteiger partial charge in [-0.2, -0.15) is 0 Å². The molecule has 1 aromatic carbocycles. The van der Waals surface area contributed by atoms with E-state index in [0.29, 0.717) is 37.3 Å². The van der Waals surface area contributed by atoms with Crippen molar-refractivity contribution in [2.75, 3.05) is 6.54 Å². The number of thiocarbonyl (C=S) groups is 1. The molecular weight excluding hydrogens is 428 g/mol. The lowest BCUT2D eigenvalue weighted by Gasteiger charge is -2.09. The lowest BCUT2D eigenvalue weighted by molar-refractivity contribution is -0.384. The van der Waals surface area contributed by atoms with Gasteiger partial charge in [-0.05, 0) is 41.1 Å². The van der Waals surface area contributed by atoms with Crippen LogP contribution in [-0.4, -0.2) is 26.6 Å². The van der Waals surface area contributed by atoms with Crippen molar-refractivity contribution >= 4 is 61.9 Å². The van der Waals surface area contributed by atoms with Crippen LogP contribution in [-0.2, 0) is 4.79 Å². The van der Waals surface area contributed by atoms with E-state index in [2.05, 4.69) is 15.9 Å². The van der Waals surface area contributed by atoms with Gasteiger partial charge in [-0.15, -0.1) is 0 Å². The smallest absolute Gasteiger partial charge is 0.270 e. The number of nitrogens with zero attached hydrogens (tertiary/aromatic N) is 2. The Morgan fingerprint density at radius 1 is 1.40 bits per heavy atom. The number of nitro benzene ring substituents is 1. The number of amides is 1. The minimum absolute atomic E-state index is 0.00866. The van der Waals surface area contributed by atoms with Crippen molar-refractivity contribution in [3.63, 3.8) is 0 Å². The number of non-ortho nitro benzene ring substituents is 1. The summed E-state index contributed by atoms with van der Waals surface area (Å²) in [5.41, 5.74) is 0.678. The van der Waals surface area contributed by atoms with Gasteiger partial charge in [-0.1, -0.05) is 24.0 Å². The summed E-state index contributed by atoms with van der Waals surface area (Å²) in [6.45, 7) is 2.39. The molecule has 0 saturated carbocycles. The van der Waals surface area contributed by atoms with Crippen LogP contribution >= 0.6 is 39.9 Å². The van der Waals surface area contributed by atoms with Crippen molar-refractivity contribution in [2.24, 2.45) is 0 Å². The Balaban J connectivity index is 1.89. The highest BCUT2D eigenvalue weighted by molar-refractivity contribution is 9.10. The summed E-state index contributed by atoms with van der Waals surface area (Å²) >= 11 is 9.74. The van der Waals surface area contributed by atoms with E-state index in [9.17, 15) is 14.9 Å². The number of hydrogen-bond donors (Lipinski definition) is 0. The molecule has 0 atom stereocenters. The number of likely N-dealkylation sites (N-methyl/N-ethyl adjacent to an activating group) is 1. The first kappa shape index (κ1) is 17.8. The van der Waals surface area contributed by atoms with Crippen molar-refractivity contribution in [3.8, 4) is 11.3 Å². The Bertz CT molecular complexity index is 923. The highest BCUT2D eigenvalue weighted by Crippen LogP contribution is 2.35. The molecule has 1 aliphatic heterocycles. The van der Waals surface area contributed by atoms with Crippen LogP contribution < -0.4 is 0 Å². The van der Waals surface area contributed by atoms with Gasteiger partial charge in [0.05, 0.1) is 9.83 Å². The molecule has 2 heterocycles. The van der Waals surface area contributed by atoms with Crippen LogP contribution in [0.1, 0.15) is 12.7 Å². The number of halogens is 1. The van der Waals surface area contributed by atoms with Crippen LogP contribution in [0.15, 0.2) is 44.1 Å². The molecule has 0 unspecified atom stereocenters. The van der Waals surface area contributed by atoms with E-state index in [-0.39, 0.29) is 11.6 Å². The first-order valence-corrected chi connectivity index (χ1v) is 9.22. The number of benzene rings is 1. The monoisotopic (exact) mass is 438 g/mol. The number of furan rings is 1. The molecule has 0 bridgehead atoms.